The van der Waals surface area contributed by atoms with Crippen LogP contribution in [0.3, 0.4) is 0 Å². The molecule has 5 heteroatoms. The third-order valence-corrected chi connectivity index (χ3v) is 2.73. The van der Waals surface area contributed by atoms with Gasteiger partial charge in [-0.25, -0.2) is 0 Å². The van der Waals surface area contributed by atoms with E-state index in [0.29, 0.717) is 11.5 Å². The first kappa shape index (κ1) is 12.2. The molecule has 94 valence electrons. The molecule has 0 aliphatic heterocycles. The summed E-state index contributed by atoms with van der Waals surface area (Å²) in [6, 6.07) is 1.49. The van der Waals surface area contributed by atoms with Gasteiger partial charge in [0, 0.05) is 5.56 Å². The highest BCUT2D eigenvalue weighted by Crippen LogP contribution is 2.43. The summed E-state index contributed by atoms with van der Waals surface area (Å²) in [4.78, 5) is 23.6. The fourth-order valence-corrected chi connectivity index (χ4v) is 1.92. The van der Waals surface area contributed by atoms with Gasteiger partial charge in [0.25, 0.3) is 0 Å². The van der Waals surface area contributed by atoms with Crippen LogP contribution in [0.1, 0.15) is 20.7 Å². The molecule has 0 radical (unpaired) electrons. The maximum atomic E-state index is 11.9. The maximum absolute atomic E-state index is 11.9. The van der Waals surface area contributed by atoms with E-state index in [0.717, 1.165) is 0 Å². The molecule has 1 aliphatic carbocycles. The highest BCUT2D eigenvalue weighted by Gasteiger charge is 2.28. The second-order valence-electron chi connectivity index (χ2n) is 3.63. The summed E-state index contributed by atoms with van der Waals surface area (Å²) in [7, 11) is 4.31. The van der Waals surface area contributed by atoms with Crippen molar-refractivity contribution in [1.29, 1.82) is 0 Å². The van der Waals surface area contributed by atoms with Gasteiger partial charge in [0.1, 0.15) is 0 Å². The predicted octanol–water partition coefficient (Wildman–Crippen LogP) is 1.65. The van der Waals surface area contributed by atoms with Crippen LogP contribution in [0.25, 0.3) is 0 Å². The second kappa shape index (κ2) is 4.52. The predicted molar refractivity (Wildman–Crippen MR) is 63.9 cm³/mol. The fraction of sp³-hybridized carbons (Fsp3) is 0.231. The maximum Gasteiger partial charge on any atom is 0.204 e. The topological polar surface area (TPSA) is 61.8 Å². The van der Waals surface area contributed by atoms with Crippen molar-refractivity contribution < 1.29 is 23.8 Å². The van der Waals surface area contributed by atoms with Crippen molar-refractivity contribution in [2.24, 2.45) is 0 Å². The van der Waals surface area contributed by atoms with Crippen molar-refractivity contribution in [3.8, 4) is 17.2 Å². The molecule has 0 heterocycles. The number of ketones is 2. The SMILES string of the molecule is COc1cc2c(c(OC)c1OC)C(=O)C=CC2=O. The van der Waals surface area contributed by atoms with Gasteiger partial charge in [0.05, 0.1) is 26.9 Å². The zero-order chi connectivity index (χ0) is 13.3. The Bertz CT molecular complexity index is 557. The van der Waals surface area contributed by atoms with E-state index >= 15 is 0 Å². The zero-order valence-corrected chi connectivity index (χ0v) is 10.3. The number of carbonyl (C=O) groups is 2. The molecule has 5 nitrogen and oxygen atoms in total. The number of carbonyl (C=O) groups excluding carboxylic acids is 2. The van der Waals surface area contributed by atoms with Gasteiger partial charge in [0.15, 0.2) is 23.1 Å². The van der Waals surface area contributed by atoms with Crippen LogP contribution in [0.2, 0.25) is 0 Å². The van der Waals surface area contributed by atoms with Gasteiger partial charge in [-0.3, -0.25) is 9.59 Å². The number of allylic oxidation sites excluding steroid dienone is 2. The third-order valence-electron chi connectivity index (χ3n) is 2.73. The minimum Gasteiger partial charge on any atom is -0.493 e. The molecular formula is C13H12O5. The van der Waals surface area contributed by atoms with Crippen molar-refractivity contribution in [2.75, 3.05) is 21.3 Å². The first-order chi connectivity index (χ1) is 8.63. The molecule has 0 N–H and O–H groups in total. The van der Waals surface area contributed by atoms with Crippen LogP contribution in [0.5, 0.6) is 17.2 Å². The van der Waals surface area contributed by atoms with E-state index in [2.05, 4.69) is 0 Å². The van der Waals surface area contributed by atoms with Crippen LogP contribution >= 0.6 is 0 Å². The molecule has 0 aromatic heterocycles. The highest BCUT2D eigenvalue weighted by atomic mass is 16.5. The van der Waals surface area contributed by atoms with Gasteiger partial charge in [-0.15, -0.1) is 0 Å². The molecule has 2 rings (SSSR count). The molecule has 1 aliphatic rings. The smallest absolute Gasteiger partial charge is 0.204 e. The van der Waals surface area contributed by atoms with Crippen LogP contribution in [0.4, 0.5) is 0 Å². The quantitative estimate of drug-likeness (QED) is 0.813. The lowest BCUT2D eigenvalue weighted by molar-refractivity contribution is 0.0990. The number of rotatable bonds is 3. The van der Waals surface area contributed by atoms with Crippen LogP contribution in [-0.4, -0.2) is 32.9 Å². The number of ether oxygens (including phenoxy) is 3. The van der Waals surface area contributed by atoms with Gasteiger partial charge < -0.3 is 14.2 Å². The molecule has 0 spiro atoms. The van der Waals surface area contributed by atoms with E-state index < -0.39 is 0 Å². The molecule has 1 aromatic rings. The first-order valence-electron chi connectivity index (χ1n) is 5.23. The van der Waals surface area contributed by atoms with E-state index in [-0.39, 0.29) is 28.4 Å². The molecule has 0 fully saturated rings. The number of fused-ring (bicyclic) bond motifs is 1. The molecule has 18 heavy (non-hydrogen) atoms. The molecule has 0 unspecified atom stereocenters. The normalized spacial score (nSPS) is 13.3. The van der Waals surface area contributed by atoms with Gasteiger partial charge in [-0.05, 0) is 18.2 Å². The molecule has 0 atom stereocenters. The van der Waals surface area contributed by atoms with Crippen molar-refractivity contribution in [3.05, 3.63) is 29.3 Å². The molecular weight excluding hydrogens is 236 g/mol. The second-order valence-corrected chi connectivity index (χ2v) is 3.63. The van der Waals surface area contributed by atoms with E-state index in [1.165, 1.54) is 39.5 Å². The number of hydrogen-bond acceptors (Lipinski definition) is 5. The standard InChI is InChI=1S/C13H12O5/c1-16-10-6-7-8(14)4-5-9(15)11(7)13(18-3)12(10)17-2/h4-6H,1-3H3. The van der Waals surface area contributed by atoms with Crippen LogP contribution in [0.15, 0.2) is 18.2 Å². The van der Waals surface area contributed by atoms with E-state index in [1.807, 2.05) is 0 Å². The van der Waals surface area contributed by atoms with E-state index in [1.54, 1.807) is 0 Å². The summed E-state index contributed by atoms with van der Waals surface area (Å²) >= 11 is 0. The van der Waals surface area contributed by atoms with Crippen LogP contribution < -0.4 is 14.2 Å². The van der Waals surface area contributed by atoms with Gasteiger partial charge in [-0.2, -0.15) is 0 Å². The Hall–Kier alpha value is -2.30. The fourth-order valence-electron chi connectivity index (χ4n) is 1.92. The minimum absolute atomic E-state index is 0.211. The lowest BCUT2D eigenvalue weighted by atomic mass is 9.93. The third kappa shape index (κ3) is 1.64. The summed E-state index contributed by atoms with van der Waals surface area (Å²) in [5.74, 6) is 0.320. The summed E-state index contributed by atoms with van der Waals surface area (Å²) < 4.78 is 15.5. The Labute approximate surface area is 104 Å². The molecule has 0 bridgehead atoms. The molecule has 0 saturated heterocycles. The number of methoxy groups -OCH3 is 3. The van der Waals surface area contributed by atoms with Crippen LogP contribution in [0, 0.1) is 0 Å². The van der Waals surface area contributed by atoms with Crippen molar-refractivity contribution in [2.45, 2.75) is 0 Å². The minimum atomic E-state index is -0.289. The lowest BCUT2D eigenvalue weighted by Gasteiger charge is -2.18. The highest BCUT2D eigenvalue weighted by molar-refractivity contribution is 6.23. The average Bonchev–Trinajstić information content (AvgIpc) is 2.40. The summed E-state index contributed by atoms with van der Waals surface area (Å²) in [6.45, 7) is 0. The first-order valence-corrected chi connectivity index (χ1v) is 5.23. The number of benzene rings is 1. The summed E-state index contributed by atoms with van der Waals surface area (Å²) in [5.41, 5.74) is 0.472. The average molecular weight is 248 g/mol. The monoisotopic (exact) mass is 248 g/mol. The summed E-state index contributed by atoms with van der Waals surface area (Å²) in [6.07, 6.45) is 2.45. The van der Waals surface area contributed by atoms with E-state index in [9.17, 15) is 9.59 Å². The number of hydrogen-bond donors (Lipinski definition) is 0. The summed E-state index contributed by atoms with van der Waals surface area (Å²) in [5, 5.41) is 0. The molecule has 0 amide bonds. The van der Waals surface area contributed by atoms with Crippen LogP contribution in [-0.2, 0) is 0 Å². The lowest BCUT2D eigenvalue weighted by Crippen LogP contribution is -2.14. The Morgan fingerprint density at radius 3 is 2.00 bits per heavy atom. The van der Waals surface area contributed by atoms with E-state index in [4.69, 9.17) is 14.2 Å². The zero-order valence-electron chi connectivity index (χ0n) is 10.3. The molecule has 0 saturated carbocycles. The Morgan fingerprint density at radius 1 is 0.833 bits per heavy atom. The Balaban J connectivity index is 2.81. The Morgan fingerprint density at radius 2 is 1.44 bits per heavy atom. The van der Waals surface area contributed by atoms with Gasteiger partial charge in [-0.1, -0.05) is 0 Å². The Kier molecular flexibility index (Phi) is 3.06. The largest absolute Gasteiger partial charge is 0.493 e. The van der Waals surface area contributed by atoms with Gasteiger partial charge >= 0.3 is 0 Å². The van der Waals surface area contributed by atoms with Crippen molar-refractivity contribution >= 4 is 11.6 Å². The molecule has 1 aromatic carbocycles. The van der Waals surface area contributed by atoms with Crippen molar-refractivity contribution in [1.82, 2.24) is 0 Å². The van der Waals surface area contributed by atoms with Gasteiger partial charge in [0.2, 0.25) is 5.75 Å². The van der Waals surface area contributed by atoms with Crippen molar-refractivity contribution in [3.63, 3.8) is 0 Å².